The Morgan fingerprint density at radius 1 is 1.41 bits per heavy atom. The van der Waals surface area contributed by atoms with Crippen LogP contribution in [0.3, 0.4) is 0 Å². The number of pyridine rings is 1. The van der Waals surface area contributed by atoms with Gasteiger partial charge in [-0.05, 0) is 31.4 Å². The van der Waals surface area contributed by atoms with E-state index in [1.165, 1.54) is 0 Å². The third kappa shape index (κ3) is 4.61. The summed E-state index contributed by atoms with van der Waals surface area (Å²) in [4.78, 5) is 4.20. The summed E-state index contributed by atoms with van der Waals surface area (Å²) in [6.07, 6.45) is 1.79. The zero-order valence-corrected chi connectivity index (χ0v) is 10.9. The summed E-state index contributed by atoms with van der Waals surface area (Å²) in [6.45, 7) is 8.55. The van der Waals surface area contributed by atoms with Gasteiger partial charge in [-0.1, -0.05) is 13.8 Å². The van der Waals surface area contributed by atoms with Crippen molar-refractivity contribution in [2.24, 2.45) is 17.6 Å². The topological polar surface area (TPSA) is 60.2 Å². The molecule has 0 aromatic carbocycles. The molecule has 1 atom stereocenters. The monoisotopic (exact) mass is 237 g/mol. The van der Waals surface area contributed by atoms with E-state index >= 15 is 0 Å². The van der Waals surface area contributed by atoms with Crippen molar-refractivity contribution in [3.8, 4) is 5.88 Å². The Morgan fingerprint density at radius 2 is 2.18 bits per heavy atom. The van der Waals surface area contributed by atoms with Gasteiger partial charge in [-0.25, -0.2) is 4.98 Å². The molecule has 0 amide bonds. The second-order valence-electron chi connectivity index (χ2n) is 4.44. The SMILES string of the molecule is CCOc1ccc(NCC(CN)C(C)C)cn1. The summed E-state index contributed by atoms with van der Waals surface area (Å²) in [5, 5.41) is 3.35. The second kappa shape index (κ2) is 7.12. The summed E-state index contributed by atoms with van der Waals surface area (Å²) in [5.74, 6) is 1.74. The van der Waals surface area contributed by atoms with Crippen molar-refractivity contribution in [2.45, 2.75) is 20.8 Å². The van der Waals surface area contributed by atoms with Crippen molar-refractivity contribution < 1.29 is 4.74 Å². The summed E-state index contributed by atoms with van der Waals surface area (Å²) in [7, 11) is 0. The van der Waals surface area contributed by atoms with Gasteiger partial charge in [-0.15, -0.1) is 0 Å². The first-order valence-electron chi connectivity index (χ1n) is 6.20. The van der Waals surface area contributed by atoms with E-state index in [0.717, 1.165) is 12.2 Å². The second-order valence-corrected chi connectivity index (χ2v) is 4.44. The molecule has 3 N–H and O–H groups in total. The molecule has 1 aromatic heterocycles. The molecule has 4 nitrogen and oxygen atoms in total. The van der Waals surface area contributed by atoms with Crippen LogP contribution in [0.5, 0.6) is 5.88 Å². The minimum atomic E-state index is 0.488. The molecule has 0 fully saturated rings. The molecule has 0 saturated heterocycles. The van der Waals surface area contributed by atoms with Gasteiger partial charge in [0.05, 0.1) is 18.5 Å². The molecular formula is C13H23N3O. The zero-order chi connectivity index (χ0) is 12.7. The maximum atomic E-state index is 5.73. The van der Waals surface area contributed by atoms with Crippen LogP contribution in [0.4, 0.5) is 5.69 Å². The maximum absolute atomic E-state index is 5.73. The minimum Gasteiger partial charge on any atom is -0.478 e. The number of nitrogens with one attached hydrogen (secondary N) is 1. The van der Waals surface area contributed by atoms with Gasteiger partial charge >= 0.3 is 0 Å². The molecule has 0 radical (unpaired) electrons. The van der Waals surface area contributed by atoms with Gasteiger partial charge in [0.2, 0.25) is 5.88 Å². The van der Waals surface area contributed by atoms with Crippen molar-refractivity contribution in [1.82, 2.24) is 4.98 Å². The van der Waals surface area contributed by atoms with Crippen LogP contribution in [-0.4, -0.2) is 24.7 Å². The number of nitrogens with zero attached hydrogens (tertiary/aromatic N) is 1. The predicted molar refractivity (Wildman–Crippen MR) is 71.3 cm³/mol. The Hall–Kier alpha value is -1.29. The van der Waals surface area contributed by atoms with Gasteiger partial charge in [0.15, 0.2) is 0 Å². The van der Waals surface area contributed by atoms with Gasteiger partial charge in [-0.3, -0.25) is 0 Å². The van der Waals surface area contributed by atoms with Gasteiger partial charge < -0.3 is 15.8 Å². The van der Waals surface area contributed by atoms with Gasteiger partial charge in [0.1, 0.15) is 0 Å². The first-order valence-corrected chi connectivity index (χ1v) is 6.20. The molecule has 1 unspecified atom stereocenters. The van der Waals surface area contributed by atoms with Crippen LogP contribution < -0.4 is 15.8 Å². The van der Waals surface area contributed by atoms with Crippen molar-refractivity contribution in [1.29, 1.82) is 0 Å². The normalized spacial score (nSPS) is 12.5. The van der Waals surface area contributed by atoms with Crippen LogP contribution in [0, 0.1) is 11.8 Å². The van der Waals surface area contributed by atoms with Crippen LogP contribution in [-0.2, 0) is 0 Å². The van der Waals surface area contributed by atoms with Gasteiger partial charge in [0, 0.05) is 12.6 Å². The lowest BCUT2D eigenvalue weighted by Crippen LogP contribution is -2.27. The number of hydrogen-bond acceptors (Lipinski definition) is 4. The standard InChI is InChI=1S/C13H23N3O/c1-4-17-13-6-5-12(9-16-13)15-8-11(7-14)10(2)3/h5-6,9-11,15H,4,7-8,14H2,1-3H3. The molecular weight excluding hydrogens is 214 g/mol. The highest BCUT2D eigenvalue weighted by Gasteiger charge is 2.10. The summed E-state index contributed by atoms with van der Waals surface area (Å²) < 4.78 is 5.29. The van der Waals surface area contributed by atoms with Crippen LogP contribution in [0.25, 0.3) is 0 Å². The molecule has 0 bridgehead atoms. The molecule has 0 aliphatic carbocycles. The first-order chi connectivity index (χ1) is 8.17. The van der Waals surface area contributed by atoms with Crippen LogP contribution in [0.2, 0.25) is 0 Å². The Bertz CT molecular complexity index is 311. The molecule has 1 aromatic rings. The van der Waals surface area contributed by atoms with Crippen LogP contribution in [0.15, 0.2) is 18.3 Å². The fraction of sp³-hybridized carbons (Fsp3) is 0.615. The van der Waals surface area contributed by atoms with Crippen molar-refractivity contribution in [3.63, 3.8) is 0 Å². The smallest absolute Gasteiger partial charge is 0.213 e. The number of nitrogens with two attached hydrogens (primary N) is 1. The van der Waals surface area contributed by atoms with Gasteiger partial charge in [0.25, 0.3) is 0 Å². The molecule has 96 valence electrons. The highest BCUT2D eigenvalue weighted by atomic mass is 16.5. The fourth-order valence-electron chi connectivity index (χ4n) is 1.56. The highest BCUT2D eigenvalue weighted by Crippen LogP contribution is 2.14. The Morgan fingerprint density at radius 3 is 2.65 bits per heavy atom. The van der Waals surface area contributed by atoms with E-state index in [9.17, 15) is 0 Å². The molecule has 0 saturated carbocycles. The summed E-state index contributed by atoms with van der Waals surface area (Å²) in [5.41, 5.74) is 6.73. The number of aromatic nitrogens is 1. The predicted octanol–water partition coefficient (Wildman–Crippen LogP) is 2.12. The van der Waals surface area contributed by atoms with E-state index in [-0.39, 0.29) is 0 Å². The van der Waals surface area contributed by atoms with E-state index in [1.54, 1.807) is 6.20 Å². The largest absolute Gasteiger partial charge is 0.478 e. The molecule has 1 rings (SSSR count). The lowest BCUT2D eigenvalue weighted by Gasteiger charge is -2.19. The minimum absolute atomic E-state index is 0.488. The average molecular weight is 237 g/mol. The van der Waals surface area contributed by atoms with E-state index in [1.807, 2.05) is 19.1 Å². The summed E-state index contributed by atoms with van der Waals surface area (Å²) >= 11 is 0. The molecule has 0 aliphatic rings. The molecule has 0 spiro atoms. The van der Waals surface area contributed by atoms with Crippen molar-refractivity contribution in [3.05, 3.63) is 18.3 Å². The lowest BCUT2D eigenvalue weighted by molar-refractivity contribution is 0.327. The number of rotatable bonds is 7. The fourth-order valence-corrected chi connectivity index (χ4v) is 1.56. The van der Waals surface area contributed by atoms with Gasteiger partial charge in [-0.2, -0.15) is 0 Å². The van der Waals surface area contributed by atoms with Crippen molar-refractivity contribution >= 4 is 5.69 Å². The summed E-state index contributed by atoms with van der Waals surface area (Å²) in [6, 6.07) is 3.85. The first kappa shape index (κ1) is 13.8. The number of anilines is 1. The quantitative estimate of drug-likeness (QED) is 0.762. The van der Waals surface area contributed by atoms with E-state index < -0.39 is 0 Å². The van der Waals surface area contributed by atoms with E-state index in [2.05, 4.69) is 24.1 Å². The lowest BCUT2D eigenvalue weighted by atomic mass is 9.96. The van der Waals surface area contributed by atoms with Crippen LogP contribution >= 0.6 is 0 Å². The Balaban J connectivity index is 2.46. The highest BCUT2D eigenvalue weighted by molar-refractivity contribution is 5.42. The molecule has 4 heteroatoms. The van der Waals surface area contributed by atoms with E-state index in [4.69, 9.17) is 10.5 Å². The number of hydrogen-bond donors (Lipinski definition) is 2. The van der Waals surface area contributed by atoms with Crippen LogP contribution in [0.1, 0.15) is 20.8 Å². The van der Waals surface area contributed by atoms with Crippen molar-refractivity contribution in [2.75, 3.05) is 25.0 Å². The average Bonchev–Trinajstić information content (AvgIpc) is 2.32. The maximum Gasteiger partial charge on any atom is 0.213 e. The Labute approximate surface area is 104 Å². The third-order valence-electron chi connectivity index (χ3n) is 2.84. The molecule has 17 heavy (non-hydrogen) atoms. The Kier molecular flexibility index (Phi) is 5.77. The number of ether oxygens (including phenoxy) is 1. The third-order valence-corrected chi connectivity index (χ3v) is 2.84. The molecule has 0 aliphatic heterocycles. The zero-order valence-electron chi connectivity index (χ0n) is 10.9. The van der Waals surface area contributed by atoms with E-state index in [0.29, 0.717) is 30.9 Å². The molecule has 1 heterocycles.